The largest absolute Gasteiger partial charge is 0.396 e. The van der Waals surface area contributed by atoms with Gasteiger partial charge in [-0.1, -0.05) is 12.8 Å². The van der Waals surface area contributed by atoms with E-state index < -0.39 is 0 Å². The van der Waals surface area contributed by atoms with Crippen LogP contribution in [0.25, 0.3) is 0 Å². The molecule has 0 radical (unpaired) electrons. The van der Waals surface area contributed by atoms with Gasteiger partial charge in [0.2, 0.25) is 0 Å². The average molecular weight is 220 g/mol. The number of thioether (sulfide) groups is 2. The van der Waals surface area contributed by atoms with Crippen molar-refractivity contribution in [3.05, 3.63) is 10.8 Å². The second-order valence-corrected chi connectivity index (χ2v) is 5.46. The van der Waals surface area contributed by atoms with Crippen LogP contribution in [0.5, 0.6) is 0 Å². The zero-order chi connectivity index (χ0) is 9.52. The number of aliphatic hydroxyl groups excluding tert-OH is 2. The van der Waals surface area contributed by atoms with E-state index in [9.17, 15) is 5.11 Å². The molecule has 1 unspecified atom stereocenters. The molecule has 1 aliphatic rings. The SMILES string of the molecule is OCCCCCC(O)C1SC=CS1. The van der Waals surface area contributed by atoms with Gasteiger partial charge in [0.15, 0.2) is 0 Å². The summed E-state index contributed by atoms with van der Waals surface area (Å²) in [5, 5.41) is 22.3. The van der Waals surface area contributed by atoms with Crippen molar-refractivity contribution in [1.29, 1.82) is 0 Å². The summed E-state index contributed by atoms with van der Waals surface area (Å²) >= 11 is 3.39. The highest BCUT2D eigenvalue weighted by Gasteiger charge is 2.20. The first-order chi connectivity index (χ1) is 6.34. The fraction of sp³-hybridized carbons (Fsp3) is 0.778. The molecule has 4 heteroatoms. The van der Waals surface area contributed by atoms with Gasteiger partial charge in [-0.15, -0.1) is 23.5 Å². The van der Waals surface area contributed by atoms with Gasteiger partial charge in [0.05, 0.1) is 10.7 Å². The van der Waals surface area contributed by atoms with Crippen LogP contribution < -0.4 is 0 Å². The molecular formula is C9H16O2S2. The lowest BCUT2D eigenvalue weighted by Crippen LogP contribution is -2.17. The van der Waals surface area contributed by atoms with Crippen molar-refractivity contribution in [2.24, 2.45) is 0 Å². The molecule has 76 valence electrons. The van der Waals surface area contributed by atoms with Crippen molar-refractivity contribution in [3.8, 4) is 0 Å². The second kappa shape index (κ2) is 6.76. The van der Waals surface area contributed by atoms with Gasteiger partial charge in [-0.05, 0) is 23.7 Å². The van der Waals surface area contributed by atoms with E-state index in [-0.39, 0.29) is 12.7 Å². The summed E-state index contributed by atoms with van der Waals surface area (Å²) in [6.45, 7) is 0.268. The summed E-state index contributed by atoms with van der Waals surface area (Å²) in [6, 6.07) is 0. The molecule has 0 bridgehead atoms. The summed E-state index contributed by atoms with van der Waals surface area (Å²) < 4.78 is 0.300. The topological polar surface area (TPSA) is 40.5 Å². The minimum Gasteiger partial charge on any atom is -0.396 e. The first-order valence-electron chi connectivity index (χ1n) is 4.59. The highest BCUT2D eigenvalue weighted by atomic mass is 32.2. The maximum Gasteiger partial charge on any atom is 0.0843 e. The third-order valence-corrected chi connectivity index (χ3v) is 4.54. The van der Waals surface area contributed by atoms with Crippen LogP contribution in [0.15, 0.2) is 10.8 Å². The Morgan fingerprint density at radius 3 is 2.46 bits per heavy atom. The molecule has 13 heavy (non-hydrogen) atoms. The monoisotopic (exact) mass is 220 g/mol. The maximum atomic E-state index is 9.70. The third-order valence-electron chi connectivity index (χ3n) is 1.95. The summed E-state index contributed by atoms with van der Waals surface area (Å²) in [7, 11) is 0. The van der Waals surface area contributed by atoms with Crippen molar-refractivity contribution in [1.82, 2.24) is 0 Å². The van der Waals surface area contributed by atoms with Crippen LogP contribution in [-0.4, -0.2) is 27.5 Å². The van der Waals surface area contributed by atoms with Gasteiger partial charge in [0, 0.05) is 6.61 Å². The molecule has 0 aromatic carbocycles. The van der Waals surface area contributed by atoms with E-state index in [1.165, 1.54) is 0 Å². The maximum absolute atomic E-state index is 9.70. The number of unbranched alkanes of at least 4 members (excludes halogenated alkanes) is 2. The molecule has 1 aliphatic heterocycles. The van der Waals surface area contributed by atoms with Crippen LogP contribution in [0.4, 0.5) is 0 Å². The molecule has 2 nitrogen and oxygen atoms in total. The molecule has 1 atom stereocenters. The van der Waals surface area contributed by atoms with Crippen LogP contribution in [0, 0.1) is 0 Å². The van der Waals surface area contributed by atoms with E-state index in [0.29, 0.717) is 4.58 Å². The van der Waals surface area contributed by atoms with Gasteiger partial charge in [0.1, 0.15) is 0 Å². The van der Waals surface area contributed by atoms with E-state index >= 15 is 0 Å². The Morgan fingerprint density at radius 1 is 1.15 bits per heavy atom. The Bertz CT molecular complexity index is 154. The van der Waals surface area contributed by atoms with Gasteiger partial charge in [-0.25, -0.2) is 0 Å². The summed E-state index contributed by atoms with van der Waals surface area (Å²) in [5.41, 5.74) is 0. The van der Waals surface area contributed by atoms with Crippen LogP contribution in [0.1, 0.15) is 25.7 Å². The Balaban J connectivity index is 2.00. The molecule has 0 saturated carbocycles. The molecule has 0 aliphatic carbocycles. The molecule has 1 heterocycles. The molecular weight excluding hydrogens is 204 g/mol. The van der Waals surface area contributed by atoms with Crippen LogP contribution >= 0.6 is 23.5 Å². The molecule has 0 aromatic heterocycles. The van der Waals surface area contributed by atoms with Gasteiger partial charge in [-0.3, -0.25) is 0 Å². The second-order valence-electron chi connectivity index (χ2n) is 3.05. The fourth-order valence-corrected chi connectivity index (χ4v) is 3.31. The van der Waals surface area contributed by atoms with Crippen molar-refractivity contribution in [2.45, 2.75) is 36.4 Å². The smallest absolute Gasteiger partial charge is 0.0843 e. The van der Waals surface area contributed by atoms with Gasteiger partial charge < -0.3 is 10.2 Å². The van der Waals surface area contributed by atoms with Gasteiger partial charge in [-0.2, -0.15) is 0 Å². The average Bonchev–Trinajstić information content (AvgIpc) is 2.65. The van der Waals surface area contributed by atoms with E-state index in [1.807, 2.05) is 10.8 Å². The third kappa shape index (κ3) is 4.40. The van der Waals surface area contributed by atoms with Crippen LogP contribution in [-0.2, 0) is 0 Å². The molecule has 0 aromatic rings. The fourth-order valence-electron chi connectivity index (χ4n) is 1.21. The molecule has 0 saturated heterocycles. The van der Waals surface area contributed by atoms with Crippen molar-refractivity contribution >= 4 is 23.5 Å². The van der Waals surface area contributed by atoms with Gasteiger partial charge in [0.25, 0.3) is 0 Å². The highest BCUT2D eigenvalue weighted by Crippen LogP contribution is 2.36. The Labute approximate surface area is 87.8 Å². The quantitative estimate of drug-likeness (QED) is 0.673. The van der Waals surface area contributed by atoms with E-state index in [0.717, 1.165) is 25.7 Å². The van der Waals surface area contributed by atoms with E-state index in [1.54, 1.807) is 23.5 Å². The number of rotatable bonds is 6. The van der Waals surface area contributed by atoms with Crippen molar-refractivity contribution < 1.29 is 10.2 Å². The summed E-state index contributed by atoms with van der Waals surface area (Å²) in [4.78, 5) is 0. The lowest BCUT2D eigenvalue weighted by molar-refractivity contribution is 0.176. The molecule has 0 fully saturated rings. The predicted octanol–water partition coefficient (Wildman–Crippen LogP) is 2.18. The number of aliphatic hydroxyl groups is 2. The Hall–Kier alpha value is 0.360. The van der Waals surface area contributed by atoms with E-state index in [2.05, 4.69) is 0 Å². The zero-order valence-corrected chi connectivity index (χ0v) is 9.19. The van der Waals surface area contributed by atoms with E-state index in [4.69, 9.17) is 5.11 Å². The van der Waals surface area contributed by atoms with Crippen molar-refractivity contribution in [3.63, 3.8) is 0 Å². The minimum atomic E-state index is -0.205. The zero-order valence-electron chi connectivity index (χ0n) is 7.56. The van der Waals surface area contributed by atoms with Crippen molar-refractivity contribution in [2.75, 3.05) is 6.61 Å². The normalized spacial score (nSPS) is 19.5. The molecule has 2 N–H and O–H groups in total. The number of hydrogen-bond acceptors (Lipinski definition) is 4. The number of hydrogen-bond donors (Lipinski definition) is 2. The lowest BCUT2D eigenvalue weighted by Gasteiger charge is -2.15. The predicted molar refractivity (Wildman–Crippen MR) is 59.7 cm³/mol. The Morgan fingerprint density at radius 2 is 1.85 bits per heavy atom. The standard InChI is InChI=1S/C9H16O2S2/c10-5-3-1-2-4-8(11)9-12-6-7-13-9/h6-11H,1-5H2. The van der Waals surface area contributed by atoms with Crippen LogP contribution in [0.3, 0.4) is 0 Å². The first kappa shape index (κ1) is 11.4. The van der Waals surface area contributed by atoms with Gasteiger partial charge >= 0.3 is 0 Å². The minimum absolute atomic E-state index is 0.205. The Kier molecular flexibility index (Phi) is 5.95. The lowest BCUT2D eigenvalue weighted by atomic mass is 10.1. The van der Waals surface area contributed by atoms with Crippen LogP contribution in [0.2, 0.25) is 0 Å². The highest BCUT2D eigenvalue weighted by molar-refractivity contribution is 8.22. The molecule has 1 rings (SSSR count). The summed E-state index contributed by atoms with van der Waals surface area (Å²) in [6.07, 6.45) is 3.54. The molecule has 0 amide bonds. The first-order valence-corrected chi connectivity index (χ1v) is 6.48. The molecule has 0 spiro atoms. The summed E-state index contributed by atoms with van der Waals surface area (Å²) in [5.74, 6) is 0.